The van der Waals surface area contributed by atoms with Crippen molar-refractivity contribution in [3.05, 3.63) is 107 Å². The van der Waals surface area contributed by atoms with Crippen LogP contribution in [0.1, 0.15) is 68.7 Å². The quantitative estimate of drug-likeness (QED) is 0.176. The predicted octanol–water partition coefficient (Wildman–Crippen LogP) is 7.27. The van der Waals surface area contributed by atoms with Crippen molar-refractivity contribution in [2.45, 2.75) is 95.9 Å². The molecule has 2 fully saturated rings. The first-order valence-corrected chi connectivity index (χ1v) is 16.6. The van der Waals surface area contributed by atoms with E-state index < -0.39 is 17.7 Å². The molecule has 0 aliphatic carbocycles. The van der Waals surface area contributed by atoms with Crippen LogP contribution in [0, 0.1) is 17.1 Å². The Morgan fingerprint density at radius 2 is 1.41 bits per heavy atom. The molecule has 2 amide bonds. The SMILES string of the molecule is CCCCOCCCCN1C(=O)N(Cc2ccc(F)c(C#N)c2)[C@H](Cc2ccccc2)[C@@H]2OC(C)(C)O[C@H]2[C@H]1Cc1ccccc1. The van der Waals surface area contributed by atoms with Gasteiger partial charge in [-0.1, -0.05) is 80.1 Å². The summed E-state index contributed by atoms with van der Waals surface area (Å²) in [4.78, 5) is 18.8. The number of ether oxygens (including phenoxy) is 3. The number of unbranched alkanes of at least 4 members (excludes halogenated alkanes) is 2. The smallest absolute Gasteiger partial charge is 0.321 e. The lowest BCUT2D eigenvalue weighted by atomic mass is 9.91. The minimum Gasteiger partial charge on any atom is -0.381 e. The van der Waals surface area contributed by atoms with Crippen LogP contribution in [0.25, 0.3) is 0 Å². The predicted molar refractivity (Wildman–Crippen MR) is 175 cm³/mol. The molecule has 4 atom stereocenters. The van der Waals surface area contributed by atoms with E-state index in [9.17, 15) is 14.4 Å². The van der Waals surface area contributed by atoms with Crippen LogP contribution in [0.5, 0.6) is 0 Å². The van der Waals surface area contributed by atoms with E-state index in [-0.39, 0.29) is 36.3 Å². The number of fused-ring (bicyclic) bond motifs is 1. The topological polar surface area (TPSA) is 75.0 Å². The maximum Gasteiger partial charge on any atom is 0.321 e. The van der Waals surface area contributed by atoms with E-state index in [1.807, 2.05) is 66.1 Å². The fourth-order valence-electron chi connectivity index (χ4n) is 6.61. The number of benzene rings is 3. The van der Waals surface area contributed by atoms with Gasteiger partial charge in [0.05, 0.1) is 17.6 Å². The standard InChI is InChI=1S/C38H46FN3O4/c1-4-5-21-44-22-13-12-20-41-33(24-28-14-8-6-9-15-28)35-36(46-38(2,3)45-35)34(25-29-16-10-7-11-17-29)42(37(41)43)27-30-18-19-32(39)31(23-30)26-40/h6-11,14-19,23,33-36H,4-5,12-13,20-22,24-25,27H2,1-3H3/t33-,34-,35+,36+/m1/s1. The Labute approximate surface area is 272 Å². The van der Waals surface area contributed by atoms with Gasteiger partial charge < -0.3 is 24.0 Å². The molecule has 7 nitrogen and oxygen atoms in total. The molecule has 46 heavy (non-hydrogen) atoms. The molecule has 2 saturated heterocycles. The second-order valence-electron chi connectivity index (χ2n) is 12.8. The van der Waals surface area contributed by atoms with Crippen LogP contribution in [0.3, 0.4) is 0 Å². The van der Waals surface area contributed by atoms with Crippen molar-refractivity contribution in [2.75, 3.05) is 19.8 Å². The fourth-order valence-corrected chi connectivity index (χ4v) is 6.61. The molecular formula is C38H46FN3O4. The molecule has 0 N–H and O–H groups in total. The second kappa shape index (κ2) is 15.7. The summed E-state index contributed by atoms with van der Waals surface area (Å²) in [5.41, 5.74) is 2.84. The lowest BCUT2D eigenvalue weighted by molar-refractivity contribution is -0.157. The van der Waals surface area contributed by atoms with Crippen LogP contribution < -0.4 is 0 Å². The monoisotopic (exact) mass is 627 g/mol. The van der Waals surface area contributed by atoms with Gasteiger partial charge in [0.2, 0.25) is 0 Å². The van der Waals surface area contributed by atoms with Gasteiger partial charge >= 0.3 is 6.03 Å². The molecule has 3 aromatic rings. The highest BCUT2D eigenvalue weighted by Crippen LogP contribution is 2.40. The molecule has 0 radical (unpaired) electrons. The Bertz CT molecular complexity index is 1460. The Hall–Kier alpha value is -3.77. The van der Waals surface area contributed by atoms with E-state index >= 15 is 0 Å². The summed E-state index contributed by atoms with van der Waals surface area (Å²) in [6, 6.07) is 26.0. The minimum atomic E-state index is -0.853. The molecule has 3 aromatic carbocycles. The van der Waals surface area contributed by atoms with Gasteiger partial charge in [0, 0.05) is 26.3 Å². The van der Waals surface area contributed by atoms with Crippen LogP contribution in [0.15, 0.2) is 78.9 Å². The first-order valence-electron chi connectivity index (χ1n) is 16.6. The highest BCUT2D eigenvalue weighted by Gasteiger charge is 2.55. The van der Waals surface area contributed by atoms with Gasteiger partial charge in [0.1, 0.15) is 24.1 Å². The zero-order chi connectivity index (χ0) is 32.5. The van der Waals surface area contributed by atoms with Crippen molar-refractivity contribution in [1.82, 2.24) is 9.80 Å². The summed E-state index contributed by atoms with van der Waals surface area (Å²) in [6.45, 7) is 8.14. The molecule has 8 heteroatoms. The molecule has 0 spiro atoms. The molecule has 5 rings (SSSR count). The largest absolute Gasteiger partial charge is 0.381 e. The number of urea groups is 1. The maximum absolute atomic E-state index is 14.9. The molecule has 0 unspecified atom stereocenters. The average molecular weight is 628 g/mol. The van der Waals surface area contributed by atoms with Crippen LogP contribution >= 0.6 is 0 Å². The first-order chi connectivity index (χ1) is 22.3. The highest BCUT2D eigenvalue weighted by atomic mass is 19.1. The minimum absolute atomic E-state index is 0.0410. The number of hydrogen-bond acceptors (Lipinski definition) is 5. The van der Waals surface area contributed by atoms with E-state index in [2.05, 4.69) is 31.2 Å². The Morgan fingerprint density at radius 1 is 0.826 bits per heavy atom. The van der Waals surface area contributed by atoms with Crippen LogP contribution in [0.2, 0.25) is 0 Å². The van der Waals surface area contributed by atoms with Gasteiger partial charge in [0.25, 0.3) is 0 Å². The van der Waals surface area contributed by atoms with E-state index in [1.54, 1.807) is 12.1 Å². The van der Waals surface area contributed by atoms with Crippen molar-refractivity contribution in [2.24, 2.45) is 0 Å². The van der Waals surface area contributed by atoms with E-state index in [0.29, 0.717) is 31.6 Å². The third-order valence-electron chi connectivity index (χ3n) is 8.87. The number of rotatable bonds is 14. The number of carbonyl (C=O) groups excluding carboxylic acids is 1. The Morgan fingerprint density at radius 3 is 2.00 bits per heavy atom. The third-order valence-corrected chi connectivity index (χ3v) is 8.87. The number of carbonyl (C=O) groups is 1. The second-order valence-corrected chi connectivity index (χ2v) is 12.8. The van der Waals surface area contributed by atoms with Crippen molar-refractivity contribution in [1.29, 1.82) is 5.26 Å². The summed E-state index contributed by atoms with van der Waals surface area (Å²) in [7, 11) is 0. The zero-order valence-electron chi connectivity index (χ0n) is 27.2. The number of nitrogens with zero attached hydrogens (tertiary/aromatic N) is 3. The van der Waals surface area contributed by atoms with Gasteiger partial charge in [-0.3, -0.25) is 0 Å². The van der Waals surface area contributed by atoms with Gasteiger partial charge in [-0.25, -0.2) is 9.18 Å². The summed E-state index contributed by atoms with van der Waals surface area (Å²) in [5.74, 6) is -1.43. The lowest BCUT2D eigenvalue weighted by Crippen LogP contribution is -2.52. The maximum atomic E-state index is 14.9. The highest BCUT2D eigenvalue weighted by molar-refractivity contribution is 5.76. The molecule has 244 valence electrons. The first kappa shape index (κ1) is 33.6. The van der Waals surface area contributed by atoms with Crippen LogP contribution in [-0.2, 0) is 33.6 Å². The van der Waals surface area contributed by atoms with Crippen molar-refractivity contribution < 1.29 is 23.4 Å². The molecule has 2 heterocycles. The molecule has 0 bridgehead atoms. The van der Waals surface area contributed by atoms with Gasteiger partial charge in [-0.2, -0.15) is 5.26 Å². The molecule has 2 aliphatic heterocycles. The zero-order valence-corrected chi connectivity index (χ0v) is 27.2. The average Bonchev–Trinajstić information content (AvgIpc) is 3.36. The number of hydrogen-bond donors (Lipinski definition) is 0. The lowest BCUT2D eigenvalue weighted by Gasteiger charge is -2.37. The molecular weight excluding hydrogens is 581 g/mol. The molecule has 0 aromatic heterocycles. The Kier molecular flexibility index (Phi) is 11.5. The summed E-state index contributed by atoms with van der Waals surface area (Å²) < 4.78 is 33.6. The third kappa shape index (κ3) is 8.33. The van der Waals surface area contributed by atoms with E-state index in [1.165, 1.54) is 6.07 Å². The van der Waals surface area contributed by atoms with Gasteiger partial charge in [0.15, 0.2) is 5.79 Å². The summed E-state index contributed by atoms with van der Waals surface area (Å²) in [6.07, 6.45) is 4.09. The summed E-state index contributed by atoms with van der Waals surface area (Å²) >= 11 is 0. The fraction of sp³-hybridized carbons (Fsp3) is 0.474. The Balaban J connectivity index is 1.54. The van der Waals surface area contributed by atoms with E-state index in [4.69, 9.17) is 14.2 Å². The van der Waals surface area contributed by atoms with Crippen molar-refractivity contribution in [3.63, 3.8) is 0 Å². The van der Waals surface area contributed by atoms with Crippen LogP contribution in [0.4, 0.5) is 9.18 Å². The number of halogens is 1. The van der Waals surface area contributed by atoms with Gasteiger partial charge in [-0.15, -0.1) is 0 Å². The van der Waals surface area contributed by atoms with Crippen molar-refractivity contribution in [3.8, 4) is 6.07 Å². The molecule has 2 aliphatic rings. The van der Waals surface area contributed by atoms with Gasteiger partial charge in [-0.05, 0) is 74.8 Å². The normalized spacial score (nSPS) is 22.4. The molecule has 0 saturated carbocycles. The summed E-state index contributed by atoms with van der Waals surface area (Å²) in [5, 5.41) is 9.55. The van der Waals surface area contributed by atoms with E-state index in [0.717, 1.165) is 43.4 Å². The number of nitriles is 1. The van der Waals surface area contributed by atoms with Crippen molar-refractivity contribution >= 4 is 6.03 Å². The van der Waals surface area contributed by atoms with Crippen LogP contribution in [-0.4, -0.2) is 65.7 Å². The number of amides is 2.